The second kappa shape index (κ2) is 11.6. The molecule has 0 bridgehead atoms. The first-order chi connectivity index (χ1) is 14.3. The van der Waals surface area contributed by atoms with Gasteiger partial charge in [-0.1, -0.05) is 24.3 Å². The van der Waals surface area contributed by atoms with E-state index >= 15 is 0 Å². The number of nitrogens with one attached hydrogen (secondary N) is 2. The van der Waals surface area contributed by atoms with Crippen LogP contribution in [0.2, 0.25) is 0 Å². The first-order valence-corrected chi connectivity index (χ1v) is 10.6. The molecule has 1 fully saturated rings. The van der Waals surface area contributed by atoms with Crippen LogP contribution in [-0.2, 0) is 17.8 Å². The Balaban J connectivity index is 1.59. The predicted molar refractivity (Wildman–Crippen MR) is 117 cm³/mol. The minimum absolute atomic E-state index is 0.543. The van der Waals surface area contributed by atoms with Crippen LogP contribution in [0.3, 0.4) is 0 Å². The maximum absolute atomic E-state index is 5.25. The average Bonchev–Trinajstić information content (AvgIpc) is 3.41. The van der Waals surface area contributed by atoms with Gasteiger partial charge in [-0.2, -0.15) is 5.10 Å². The van der Waals surface area contributed by atoms with Crippen molar-refractivity contribution in [2.24, 2.45) is 4.99 Å². The molecule has 7 heteroatoms. The lowest BCUT2D eigenvalue weighted by Crippen LogP contribution is -2.45. The van der Waals surface area contributed by atoms with Crippen molar-refractivity contribution in [3.8, 4) is 0 Å². The number of aromatic nitrogens is 2. The van der Waals surface area contributed by atoms with E-state index in [9.17, 15) is 0 Å². The van der Waals surface area contributed by atoms with Crippen LogP contribution in [-0.4, -0.2) is 66.6 Å². The van der Waals surface area contributed by atoms with Crippen molar-refractivity contribution in [2.45, 2.75) is 38.9 Å². The van der Waals surface area contributed by atoms with E-state index in [-0.39, 0.29) is 0 Å². The monoisotopic (exact) mass is 398 g/mol. The van der Waals surface area contributed by atoms with Crippen LogP contribution in [0.25, 0.3) is 0 Å². The molecule has 0 saturated carbocycles. The quantitative estimate of drug-likeness (QED) is 0.474. The normalized spacial score (nSPS) is 17.6. The zero-order valence-electron chi connectivity index (χ0n) is 17.7. The Morgan fingerprint density at radius 2 is 2.10 bits per heavy atom. The van der Waals surface area contributed by atoms with Crippen molar-refractivity contribution in [1.82, 2.24) is 25.3 Å². The van der Waals surface area contributed by atoms with Crippen LogP contribution in [0.15, 0.2) is 47.7 Å². The van der Waals surface area contributed by atoms with Gasteiger partial charge < -0.3 is 15.4 Å². The summed E-state index contributed by atoms with van der Waals surface area (Å²) in [5, 5.41) is 11.2. The van der Waals surface area contributed by atoms with Crippen molar-refractivity contribution in [1.29, 1.82) is 0 Å². The molecule has 0 radical (unpaired) electrons. The number of hydrogen-bond acceptors (Lipinski definition) is 4. The maximum atomic E-state index is 5.25. The Morgan fingerprint density at radius 3 is 2.86 bits per heavy atom. The summed E-state index contributed by atoms with van der Waals surface area (Å²) < 4.78 is 7.19. The number of hydrogen-bond donors (Lipinski definition) is 2. The Bertz CT molecular complexity index is 746. The fourth-order valence-electron chi connectivity index (χ4n) is 3.78. The minimum atomic E-state index is 0.543. The Kier molecular flexibility index (Phi) is 8.52. The molecule has 0 aliphatic carbocycles. The van der Waals surface area contributed by atoms with Gasteiger partial charge in [0.2, 0.25) is 0 Å². The van der Waals surface area contributed by atoms with Crippen LogP contribution >= 0.6 is 0 Å². The first kappa shape index (κ1) is 21.3. The number of aliphatic imine (C=N–C) groups is 1. The van der Waals surface area contributed by atoms with E-state index in [1.165, 1.54) is 24.0 Å². The molecule has 1 aromatic heterocycles. The topological polar surface area (TPSA) is 66.7 Å². The molecule has 158 valence electrons. The third kappa shape index (κ3) is 6.58. The molecule has 1 saturated heterocycles. The standard InChI is InChI=1S/C22H34N6O/c1-3-23-22(25-17-21-10-6-12-27(21)14-15-29-2)24-16-19-8-4-5-9-20(19)18-28-13-7-11-26-28/h4-5,7-9,11,13,21H,3,6,10,12,14-18H2,1-2H3,(H2,23,24,25). The van der Waals surface area contributed by atoms with Gasteiger partial charge in [-0.05, 0) is 43.5 Å². The van der Waals surface area contributed by atoms with E-state index in [4.69, 9.17) is 9.73 Å². The summed E-state index contributed by atoms with van der Waals surface area (Å²) in [7, 11) is 1.77. The van der Waals surface area contributed by atoms with Gasteiger partial charge >= 0.3 is 0 Å². The Hall–Kier alpha value is -2.38. The summed E-state index contributed by atoms with van der Waals surface area (Å²) in [6.45, 7) is 8.20. The van der Waals surface area contributed by atoms with E-state index in [0.29, 0.717) is 12.6 Å². The molecule has 29 heavy (non-hydrogen) atoms. The van der Waals surface area contributed by atoms with Gasteiger partial charge in [0.15, 0.2) is 5.96 Å². The molecule has 1 aromatic carbocycles. The summed E-state index contributed by atoms with van der Waals surface area (Å²) in [5.41, 5.74) is 2.47. The van der Waals surface area contributed by atoms with Crippen molar-refractivity contribution in [2.75, 3.05) is 39.9 Å². The van der Waals surface area contributed by atoms with Crippen molar-refractivity contribution in [3.05, 3.63) is 53.9 Å². The molecular weight excluding hydrogens is 364 g/mol. The average molecular weight is 399 g/mol. The third-order valence-corrected chi connectivity index (χ3v) is 5.35. The van der Waals surface area contributed by atoms with Crippen molar-refractivity contribution in [3.63, 3.8) is 0 Å². The summed E-state index contributed by atoms with van der Waals surface area (Å²) in [4.78, 5) is 7.36. The van der Waals surface area contributed by atoms with Crippen molar-refractivity contribution < 1.29 is 4.74 Å². The smallest absolute Gasteiger partial charge is 0.191 e. The van der Waals surface area contributed by atoms with E-state index in [0.717, 1.165) is 45.3 Å². The molecule has 7 nitrogen and oxygen atoms in total. The lowest BCUT2D eigenvalue weighted by atomic mass is 10.1. The lowest BCUT2D eigenvalue weighted by molar-refractivity contribution is 0.141. The third-order valence-electron chi connectivity index (χ3n) is 5.35. The summed E-state index contributed by atoms with van der Waals surface area (Å²) >= 11 is 0. The van der Waals surface area contributed by atoms with Crippen LogP contribution < -0.4 is 10.6 Å². The summed E-state index contributed by atoms with van der Waals surface area (Å²) in [6.07, 6.45) is 6.28. The molecule has 1 aliphatic heterocycles. The second-order valence-electron chi connectivity index (χ2n) is 7.37. The van der Waals surface area contributed by atoms with Gasteiger partial charge in [0, 0.05) is 45.2 Å². The fourth-order valence-corrected chi connectivity index (χ4v) is 3.78. The van der Waals surface area contributed by atoms with Gasteiger partial charge in [0.05, 0.1) is 19.7 Å². The van der Waals surface area contributed by atoms with E-state index in [1.54, 1.807) is 7.11 Å². The van der Waals surface area contributed by atoms with Crippen LogP contribution in [0.4, 0.5) is 0 Å². The number of guanidine groups is 1. The minimum Gasteiger partial charge on any atom is -0.383 e. The highest BCUT2D eigenvalue weighted by Crippen LogP contribution is 2.16. The van der Waals surface area contributed by atoms with Crippen molar-refractivity contribution >= 4 is 5.96 Å². The second-order valence-corrected chi connectivity index (χ2v) is 7.37. The highest BCUT2D eigenvalue weighted by molar-refractivity contribution is 5.79. The molecule has 0 amide bonds. The SMILES string of the molecule is CCNC(=NCc1ccccc1Cn1cccn1)NCC1CCCN1CCOC. The van der Waals surface area contributed by atoms with Crippen LogP contribution in [0.1, 0.15) is 30.9 Å². The highest BCUT2D eigenvalue weighted by atomic mass is 16.5. The fraction of sp³-hybridized carbons (Fsp3) is 0.545. The van der Waals surface area contributed by atoms with Gasteiger partial charge in [-0.15, -0.1) is 0 Å². The Labute approximate surface area is 174 Å². The molecule has 2 aromatic rings. The first-order valence-electron chi connectivity index (χ1n) is 10.6. The maximum Gasteiger partial charge on any atom is 0.191 e. The zero-order chi connectivity index (χ0) is 20.3. The summed E-state index contributed by atoms with van der Waals surface area (Å²) in [5.74, 6) is 0.875. The zero-order valence-corrected chi connectivity index (χ0v) is 17.7. The molecule has 1 unspecified atom stereocenters. The van der Waals surface area contributed by atoms with Crippen LogP contribution in [0, 0.1) is 0 Å². The number of likely N-dealkylation sites (tertiary alicyclic amines) is 1. The number of ether oxygens (including phenoxy) is 1. The number of nitrogens with zero attached hydrogens (tertiary/aromatic N) is 4. The molecule has 1 atom stereocenters. The van der Waals surface area contributed by atoms with Gasteiger partial charge in [0.1, 0.15) is 0 Å². The number of methoxy groups -OCH3 is 1. The van der Waals surface area contributed by atoms with Gasteiger partial charge in [0.25, 0.3) is 0 Å². The van der Waals surface area contributed by atoms with E-state index in [1.807, 2.05) is 23.1 Å². The number of rotatable bonds is 10. The molecule has 3 rings (SSSR count). The predicted octanol–water partition coefficient (Wildman–Crippen LogP) is 2.10. The highest BCUT2D eigenvalue weighted by Gasteiger charge is 2.23. The Morgan fingerprint density at radius 1 is 1.24 bits per heavy atom. The molecule has 2 N–H and O–H groups in total. The lowest BCUT2D eigenvalue weighted by Gasteiger charge is -2.25. The molecule has 2 heterocycles. The largest absolute Gasteiger partial charge is 0.383 e. The molecular formula is C22H34N6O. The van der Waals surface area contributed by atoms with E-state index < -0.39 is 0 Å². The number of benzene rings is 1. The van der Waals surface area contributed by atoms with Crippen LogP contribution in [0.5, 0.6) is 0 Å². The molecule has 1 aliphatic rings. The van der Waals surface area contributed by atoms with Gasteiger partial charge in [-0.25, -0.2) is 4.99 Å². The summed E-state index contributed by atoms with van der Waals surface area (Å²) in [6, 6.07) is 10.9. The molecule has 0 spiro atoms. The van der Waals surface area contributed by atoms with E-state index in [2.05, 4.69) is 51.8 Å². The van der Waals surface area contributed by atoms with Gasteiger partial charge in [-0.3, -0.25) is 9.58 Å².